The van der Waals surface area contributed by atoms with E-state index in [1.165, 1.54) is 31.5 Å². The summed E-state index contributed by atoms with van der Waals surface area (Å²) in [7, 11) is -2.37. The van der Waals surface area contributed by atoms with Gasteiger partial charge in [0.25, 0.3) is 11.6 Å². The third-order valence-electron chi connectivity index (χ3n) is 3.55. The number of benzene rings is 2. The second-order valence-corrected chi connectivity index (χ2v) is 7.49. The summed E-state index contributed by atoms with van der Waals surface area (Å²) in [5.74, 6) is -0.169. The molecule has 0 aliphatic rings. The molecule has 0 heterocycles. The number of nitro benzene ring substituents is 1. The summed E-state index contributed by atoms with van der Waals surface area (Å²) >= 11 is 0. The highest BCUT2D eigenvalue weighted by Gasteiger charge is 2.22. The molecular weight excluding hydrogens is 388 g/mol. The molecule has 2 aromatic carbocycles. The van der Waals surface area contributed by atoms with Crippen molar-refractivity contribution in [3.63, 3.8) is 0 Å². The molecule has 2 rings (SSSR count). The van der Waals surface area contributed by atoms with Gasteiger partial charge >= 0.3 is 0 Å². The van der Waals surface area contributed by atoms with Crippen LogP contribution in [-0.2, 0) is 14.8 Å². The molecular formula is C17H18N4O6S. The predicted octanol–water partition coefficient (Wildman–Crippen LogP) is 1.52. The zero-order chi connectivity index (χ0) is 20.7. The van der Waals surface area contributed by atoms with Gasteiger partial charge in [-0.25, -0.2) is 13.8 Å². The number of non-ortho nitro benzene ring substituents is 1. The number of para-hydroxylation sites is 1. The smallest absolute Gasteiger partial charge is 0.271 e. The van der Waals surface area contributed by atoms with Crippen molar-refractivity contribution in [2.45, 2.75) is 0 Å². The van der Waals surface area contributed by atoms with Crippen molar-refractivity contribution in [2.75, 3.05) is 24.2 Å². The van der Waals surface area contributed by atoms with E-state index in [1.54, 1.807) is 24.3 Å². The molecule has 10 nitrogen and oxygen atoms in total. The molecule has 0 aliphatic heterocycles. The second-order valence-electron chi connectivity index (χ2n) is 5.58. The fourth-order valence-electron chi connectivity index (χ4n) is 2.27. The Morgan fingerprint density at radius 3 is 2.64 bits per heavy atom. The average Bonchev–Trinajstić information content (AvgIpc) is 2.65. The third-order valence-corrected chi connectivity index (χ3v) is 4.69. The van der Waals surface area contributed by atoms with E-state index in [4.69, 9.17) is 4.74 Å². The molecule has 0 spiro atoms. The molecule has 0 bridgehead atoms. The fraction of sp³-hybridized carbons (Fsp3) is 0.176. The van der Waals surface area contributed by atoms with E-state index >= 15 is 0 Å². The van der Waals surface area contributed by atoms with Crippen LogP contribution in [0.15, 0.2) is 53.6 Å². The Morgan fingerprint density at radius 1 is 1.29 bits per heavy atom. The van der Waals surface area contributed by atoms with Crippen LogP contribution in [0.1, 0.15) is 5.56 Å². The Labute approximate surface area is 161 Å². The van der Waals surface area contributed by atoms with Crippen molar-refractivity contribution in [1.29, 1.82) is 0 Å². The standard InChI is InChI=1S/C17H18N4O6S/c1-27-16-9-4-3-6-13(16)11-18-19-17(22)12-20(28(2,25)26)14-7-5-8-15(10-14)21(23)24/h3-11H,12H2,1-2H3,(H,19,22)/b18-11-. The minimum absolute atomic E-state index is 0.000517. The minimum Gasteiger partial charge on any atom is -0.496 e. The summed E-state index contributed by atoms with van der Waals surface area (Å²) in [6.07, 6.45) is 2.26. The molecule has 0 saturated carbocycles. The van der Waals surface area contributed by atoms with E-state index in [0.717, 1.165) is 16.6 Å². The van der Waals surface area contributed by atoms with Gasteiger partial charge < -0.3 is 4.74 Å². The van der Waals surface area contributed by atoms with Crippen LogP contribution in [0.25, 0.3) is 0 Å². The molecule has 1 N–H and O–H groups in total. The maximum atomic E-state index is 12.1. The number of carbonyl (C=O) groups is 1. The number of hydrogen-bond donors (Lipinski definition) is 1. The lowest BCUT2D eigenvalue weighted by molar-refractivity contribution is -0.384. The number of nitro groups is 1. The average molecular weight is 406 g/mol. The quantitative estimate of drug-likeness (QED) is 0.402. The number of amides is 1. The van der Waals surface area contributed by atoms with Crippen LogP contribution in [0.5, 0.6) is 5.75 Å². The first-order valence-corrected chi connectivity index (χ1v) is 9.74. The fourth-order valence-corrected chi connectivity index (χ4v) is 3.12. The number of nitrogens with zero attached hydrogens (tertiary/aromatic N) is 3. The summed E-state index contributed by atoms with van der Waals surface area (Å²) in [6.45, 7) is -0.594. The van der Waals surface area contributed by atoms with Gasteiger partial charge in [-0.3, -0.25) is 19.2 Å². The second kappa shape index (κ2) is 8.95. The molecule has 2 aromatic rings. The van der Waals surface area contributed by atoms with Crippen LogP contribution in [-0.4, -0.2) is 45.4 Å². The van der Waals surface area contributed by atoms with Gasteiger partial charge in [0, 0.05) is 17.7 Å². The summed E-state index contributed by atoms with van der Waals surface area (Å²) in [5, 5.41) is 14.7. The Bertz CT molecular complexity index is 1010. The lowest BCUT2D eigenvalue weighted by Crippen LogP contribution is -2.39. The first-order valence-electron chi connectivity index (χ1n) is 7.89. The van der Waals surface area contributed by atoms with Gasteiger partial charge in [-0.2, -0.15) is 5.10 Å². The molecule has 0 saturated heterocycles. The molecule has 11 heteroatoms. The first kappa shape index (κ1) is 20.8. The number of hydrogen-bond acceptors (Lipinski definition) is 7. The Kier molecular flexibility index (Phi) is 6.66. The van der Waals surface area contributed by atoms with Crippen LogP contribution < -0.4 is 14.5 Å². The minimum atomic E-state index is -3.87. The largest absolute Gasteiger partial charge is 0.496 e. The summed E-state index contributed by atoms with van der Waals surface area (Å²) in [6, 6.07) is 12.0. The predicted molar refractivity (Wildman–Crippen MR) is 104 cm³/mol. The monoisotopic (exact) mass is 406 g/mol. The molecule has 0 aromatic heterocycles. The van der Waals surface area contributed by atoms with Crippen LogP contribution >= 0.6 is 0 Å². The van der Waals surface area contributed by atoms with Gasteiger partial charge in [0.15, 0.2) is 0 Å². The third kappa shape index (κ3) is 5.51. The van der Waals surface area contributed by atoms with Crippen molar-refractivity contribution >= 4 is 33.5 Å². The molecule has 0 radical (unpaired) electrons. The molecule has 1 amide bonds. The molecule has 0 fully saturated rings. The Balaban J connectivity index is 2.15. The highest BCUT2D eigenvalue weighted by atomic mass is 32.2. The zero-order valence-corrected chi connectivity index (χ0v) is 15.9. The summed E-state index contributed by atoms with van der Waals surface area (Å²) < 4.78 is 30.0. The van der Waals surface area contributed by atoms with Gasteiger partial charge in [0.1, 0.15) is 12.3 Å². The van der Waals surface area contributed by atoms with Crippen molar-refractivity contribution in [1.82, 2.24) is 5.43 Å². The van der Waals surface area contributed by atoms with Crippen molar-refractivity contribution in [3.8, 4) is 5.75 Å². The van der Waals surface area contributed by atoms with Gasteiger partial charge in [0.2, 0.25) is 10.0 Å². The molecule has 0 unspecified atom stereocenters. The normalized spacial score (nSPS) is 11.2. The Hall–Kier alpha value is -3.47. The van der Waals surface area contributed by atoms with E-state index in [2.05, 4.69) is 10.5 Å². The number of methoxy groups -OCH3 is 1. The molecule has 148 valence electrons. The number of hydrazone groups is 1. The SMILES string of the molecule is COc1ccccc1/C=N\NC(=O)CN(c1cccc([N+](=O)[O-])c1)S(C)(=O)=O. The highest BCUT2D eigenvalue weighted by Crippen LogP contribution is 2.23. The maximum absolute atomic E-state index is 12.1. The van der Waals surface area contributed by atoms with E-state index in [0.29, 0.717) is 11.3 Å². The van der Waals surface area contributed by atoms with Crippen LogP contribution in [0, 0.1) is 10.1 Å². The summed E-state index contributed by atoms with van der Waals surface area (Å²) in [5.41, 5.74) is 2.55. The van der Waals surface area contributed by atoms with E-state index in [1.807, 2.05) is 0 Å². The van der Waals surface area contributed by atoms with Gasteiger partial charge in [0.05, 0.1) is 30.2 Å². The van der Waals surface area contributed by atoms with Crippen molar-refractivity contribution in [2.24, 2.45) is 5.10 Å². The van der Waals surface area contributed by atoms with Crippen LogP contribution in [0.3, 0.4) is 0 Å². The maximum Gasteiger partial charge on any atom is 0.271 e. The zero-order valence-electron chi connectivity index (χ0n) is 15.1. The van der Waals surface area contributed by atoms with Gasteiger partial charge in [-0.1, -0.05) is 18.2 Å². The lowest BCUT2D eigenvalue weighted by Gasteiger charge is -2.21. The number of nitrogens with one attached hydrogen (secondary N) is 1. The summed E-state index contributed by atoms with van der Waals surface area (Å²) in [4.78, 5) is 22.4. The molecule has 0 atom stereocenters. The van der Waals surface area contributed by atoms with E-state index in [-0.39, 0.29) is 11.4 Å². The highest BCUT2D eigenvalue weighted by molar-refractivity contribution is 7.92. The number of ether oxygens (including phenoxy) is 1. The van der Waals surface area contributed by atoms with Crippen molar-refractivity contribution in [3.05, 3.63) is 64.2 Å². The topological polar surface area (TPSA) is 131 Å². The van der Waals surface area contributed by atoms with Gasteiger partial charge in [-0.15, -0.1) is 0 Å². The van der Waals surface area contributed by atoms with E-state index in [9.17, 15) is 23.3 Å². The van der Waals surface area contributed by atoms with Crippen LogP contribution in [0.2, 0.25) is 0 Å². The van der Waals surface area contributed by atoms with Crippen molar-refractivity contribution < 1.29 is 22.9 Å². The Morgan fingerprint density at radius 2 is 2.00 bits per heavy atom. The van der Waals surface area contributed by atoms with Gasteiger partial charge in [-0.05, 0) is 18.2 Å². The number of rotatable bonds is 8. The molecule has 28 heavy (non-hydrogen) atoms. The number of anilines is 1. The number of carbonyl (C=O) groups excluding carboxylic acids is 1. The first-order chi connectivity index (χ1) is 13.2. The lowest BCUT2D eigenvalue weighted by atomic mass is 10.2. The number of sulfonamides is 1. The van der Waals surface area contributed by atoms with Crippen LogP contribution in [0.4, 0.5) is 11.4 Å². The molecule has 0 aliphatic carbocycles. The van der Waals surface area contributed by atoms with E-state index < -0.39 is 27.4 Å².